The number of benzene rings is 1. The quantitative estimate of drug-likeness (QED) is 0.585. The van der Waals surface area contributed by atoms with Crippen LogP contribution in [-0.4, -0.2) is 41.8 Å². The minimum Gasteiger partial charge on any atom is -0.481 e. The number of carboxylic acid groups (broad SMARTS) is 1. The molecule has 1 aromatic heterocycles. The minimum absolute atomic E-state index is 0.196. The smallest absolute Gasteiger partial charge is 0.341 e. The topological polar surface area (TPSA) is 102 Å². The Morgan fingerprint density at radius 2 is 2.00 bits per heavy atom. The maximum Gasteiger partial charge on any atom is 0.341 e. The molecule has 4 rings (SSSR count). The third-order valence-electron chi connectivity index (χ3n) is 5.50. The fourth-order valence-electron chi connectivity index (χ4n) is 4.24. The number of amides is 1. The molecule has 0 radical (unpaired) electrons. The van der Waals surface area contributed by atoms with Gasteiger partial charge in [-0.15, -0.1) is 11.3 Å². The van der Waals surface area contributed by atoms with E-state index < -0.39 is 41.9 Å². The number of rotatable bonds is 6. The fraction of sp³-hybridized carbons (Fsp3) is 0.381. The van der Waals surface area contributed by atoms with E-state index in [4.69, 9.17) is 9.47 Å². The lowest BCUT2D eigenvalue weighted by Crippen LogP contribution is -2.41. The van der Waals surface area contributed by atoms with Gasteiger partial charge in [-0.25, -0.2) is 4.79 Å². The van der Waals surface area contributed by atoms with E-state index in [-0.39, 0.29) is 12.2 Å². The monoisotopic (exact) mass is 493 g/mol. The van der Waals surface area contributed by atoms with E-state index in [0.29, 0.717) is 23.4 Å². The highest BCUT2D eigenvalue weighted by molar-refractivity contribution is 9.10. The molecule has 158 valence electrons. The van der Waals surface area contributed by atoms with Crippen molar-refractivity contribution in [1.82, 2.24) is 0 Å². The Morgan fingerprint density at radius 1 is 1.27 bits per heavy atom. The molecule has 2 fully saturated rings. The third-order valence-corrected chi connectivity index (χ3v) is 6.89. The van der Waals surface area contributed by atoms with Crippen LogP contribution in [0, 0.1) is 11.8 Å². The molecule has 0 spiro atoms. The Morgan fingerprint density at radius 3 is 2.67 bits per heavy atom. The average molecular weight is 494 g/mol. The van der Waals surface area contributed by atoms with Crippen molar-refractivity contribution in [2.24, 2.45) is 11.8 Å². The van der Waals surface area contributed by atoms with E-state index in [2.05, 4.69) is 21.2 Å². The number of hydrogen-bond donors (Lipinski definition) is 2. The van der Waals surface area contributed by atoms with Crippen molar-refractivity contribution < 1.29 is 29.0 Å². The van der Waals surface area contributed by atoms with Crippen LogP contribution in [0.4, 0.5) is 5.00 Å². The van der Waals surface area contributed by atoms with Gasteiger partial charge in [0.15, 0.2) is 0 Å². The van der Waals surface area contributed by atoms with E-state index in [1.165, 1.54) is 11.3 Å². The molecule has 2 saturated heterocycles. The molecule has 2 aromatic rings. The molecule has 30 heavy (non-hydrogen) atoms. The lowest BCUT2D eigenvalue weighted by atomic mass is 9.79. The molecule has 2 aliphatic heterocycles. The summed E-state index contributed by atoms with van der Waals surface area (Å²) in [4.78, 5) is 37.5. The van der Waals surface area contributed by atoms with Gasteiger partial charge in [-0.1, -0.05) is 28.1 Å². The van der Waals surface area contributed by atoms with Crippen LogP contribution in [0.5, 0.6) is 0 Å². The predicted molar refractivity (Wildman–Crippen MR) is 115 cm³/mol. The van der Waals surface area contributed by atoms with Gasteiger partial charge in [-0.05, 0) is 37.5 Å². The van der Waals surface area contributed by atoms with E-state index in [9.17, 15) is 19.5 Å². The summed E-state index contributed by atoms with van der Waals surface area (Å²) >= 11 is 4.64. The number of nitrogens with one attached hydrogen (secondary N) is 1. The third kappa shape index (κ3) is 3.77. The second-order valence-electron chi connectivity index (χ2n) is 7.25. The summed E-state index contributed by atoms with van der Waals surface area (Å²) in [5.41, 5.74) is 1.72. The second-order valence-corrected chi connectivity index (χ2v) is 9.05. The number of fused-ring (bicyclic) bond motifs is 2. The number of aliphatic carboxylic acids is 1. The second kappa shape index (κ2) is 8.49. The summed E-state index contributed by atoms with van der Waals surface area (Å²) in [5, 5.41) is 14.5. The van der Waals surface area contributed by atoms with Gasteiger partial charge in [0, 0.05) is 15.4 Å². The Kier molecular flexibility index (Phi) is 5.95. The van der Waals surface area contributed by atoms with Gasteiger partial charge in [0.2, 0.25) is 5.91 Å². The molecule has 9 heteroatoms. The lowest BCUT2D eigenvalue weighted by Gasteiger charge is -2.23. The Balaban J connectivity index is 1.66. The Labute approximate surface area is 185 Å². The van der Waals surface area contributed by atoms with Crippen LogP contribution in [0.2, 0.25) is 0 Å². The molecule has 4 atom stereocenters. The number of esters is 1. The summed E-state index contributed by atoms with van der Waals surface area (Å²) < 4.78 is 11.8. The van der Waals surface area contributed by atoms with Crippen molar-refractivity contribution in [1.29, 1.82) is 0 Å². The molecule has 1 amide bonds. The predicted octanol–water partition coefficient (Wildman–Crippen LogP) is 4.17. The van der Waals surface area contributed by atoms with E-state index in [0.717, 1.165) is 10.0 Å². The van der Waals surface area contributed by atoms with Gasteiger partial charge in [0.1, 0.15) is 10.6 Å². The summed E-state index contributed by atoms with van der Waals surface area (Å²) in [6.45, 7) is 1.91. The summed E-state index contributed by atoms with van der Waals surface area (Å²) in [6, 6.07) is 7.48. The van der Waals surface area contributed by atoms with Crippen LogP contribution in [0.3, 0.4) is 0 Å². The zero-order chi connectivity index (χ0) is 21.4. The molecule has 7 nitrogen and oxygen atoms in total. The van der Waals surface area contributed by atoms with Crippen molar-refractivity contribution in [3.05, 3.63) is 39.7 Å². The van der Waals surface area contributed by atoms with Crippen molar-refractivity contribution in [2.75, 3.05) is 11.9 Å². The normalized spacial score (nSPS) is 24.6. The first-order valence-corrected chi connectivity index (χ1v) is 11.3. The summed E-state index contributed by atoms with van der Waals surface area (Å²) in [6.07, 6.45) is 0.455. The number of hydrogen-bond acceptors (Lipinski definition) is 6. The Bertz CT molecular complexity index is 1010. The van der Waals surface area contributed by atoms with Crippen LogP contribution in [0.1, 0.15) is 30.1 Å². The van der Waals surface area contributed by atoms with Crippen LogP contribution < -0.4 is 5.32 Å². The van der Waals surface area contributed by atoms with Gasteiger partial charge in [-0.3, -0.25) is 9.59 Å². The van der Waals surface area contributed by atoms with Gasteiger partial charge in [0.05, 0.1) is 30.7 Å². The fourth-order valence-corrected chi connectivity index (χ4v) is 5.60. The number of thiophene rings is 1. The molecule has 1 aromatic carbocycles. The number of ether oxygens (including phenoxy) is 2. The van der Waals surface area contributed by atoms with Crippen LogP contribution in [-0.2, 0) is 19.1 Å². The number of halogens is 1. The lowest BCUT2D eigenvalue weighted by molar-refractivity contribution is -0.147. The van der Waals surface area contributed by atoms with E-state index in [1.54, 1.807) is 12.3 Å². The molecular weight excluding hydrogens is 474 g/mol. The summed E-state index contributed by atoms with van der Waals surface area (Å²) in [7, 11) is 0. The van der Waals surface area contributed by atoms with Crippen LogP contribution in [0.25, 0.3) is 11.1 Å². The minimum atomic E-state index is -1.03. The van der Waals surface area contributed by atoms with Crippen molar-refractivity contribution in [3.8, 4) is 11.1 Å². The van der Waals surface area contributed by atoms with E-state index >= 15 is 0 Å². The molecule has 3 heterocycles. The van der Waals surface area contributed by atoms with Crippen LogP contribution >= 0.6 is 27.3 Å². The zero-order valence-electron chi connectivity index (χ0n) is 16.1. The molecule has 2 bridgehead atoms. The van der Waals surface area contributed by atoms with E-state index in [1.807, 2.05) is 24.3 Å². The first-order chi connectivity index (χ1) is 14.4. The number of carbonyl (C=O) groups excluding carboxylic acids is 2. The molecule has 2 N–H and O–H groups in total. The highest BCUT2D eigenvalue weighted by Crippen LogP contribution is 2.45. The average Bonchev–Trinajstić information content (AvgIpc) is 3.42. The highest BCUT2D eigenvalue weighted by atomic mass is 79.9. The van der Waals surface area contributed by atoms with Gasteiger partial charge in [-0.2, -0.15) is 0 Å². The van der Waals surface area contributed by atoms with Crippen molar-refractivity contribution in [3.63, 3.8) is 0 Å². The van der Waals surface area contributed by atoms with Gasteiger partial charge in [0.25, 0.3) is 0 Å². The number of carboxylic acids is 1. The zero-order valence-corrected chi connectivity index (χ0v) is 18.5. The van der Waals surface area contributed by atoms with Gasteiger partial charge >= 0.3 is 11.9 Å². The first kappa shape index (κ1) is 21.0. The van der Waals surface area contributed by atoms with Crippen molar-refractivity contribution in [2.45, 2.75) is 32.0 Å². The van der Waals surface area contributed by atoms with Gasteiger partial charge < -0.3 is 19.9 Å². The Hall–Kier alpha value is -2.23. The largest absolute Gasteiger partial charge is 0.481 e. The summed E-state index contributed by atoms with van der Waals surface area (Å²) in [5.74, 6) is -3.67. The molecule has 0 saturated carbocycles. The maximum atomic E-state index is 13.0. The SMILES string of the molecule is CCOC(=O)c1c(-c2cccc(Br)c2)csc1NC(=O)[C@@H]1[C@@H](C(=O)O)[C@@H]2CC[C@@H]1O2. The highest BCUT2D eigenvalue weighted by Gasteiger charge is 2.55. The molecular formula is C21H20BrNO6S. The molecule has 0 aliphatic carbocycles. The standard InChI is InChI=1S/C21H20BrNO6S/c1-2-28-21(27)15-12(10-4-3-5-11(22)8-10)9-30-19(15)23-18(24)16-13-6-7-14(29-13)17(16)20(25)26/h3-5,8-9,13-14,16-17H,2,6-7H2,1H3,(H,23,24)(H,25,26)/t13-,14-,16-,17-/m0/s1. The van der Waals surface area contributed by atoms with Crippen molar-refractivity contribution >= 4 is 50.1 Å². The number of carbonyl (C=O) groups is 3. The first-order valence-electron chi connectivity index (χ1n) is 9.64. The maximum absolute atomic E-state index is 13.0. The molecule has 0 unspecified atom stereocenters. The molecule has 2 aliphatic rings. The van der Waals surface area contributed by atoms with Crippen LogP contribution in [0.15, 0.2) is 34.1 Å². The number of anilines is 1.